The van der Waals surface area contributed by atoms with Crippen LogP contribution in [0, 0.1) is 5.92 Å². The molecule has 0 radical (unpaired) electrons. The second kappa shape index (κ2) is 7.03. The van der Waals surface area contributed by atoms with E-state index in [1.165, 1.54) is 7.11 Å². The third-order valence-corrected chi connectivity index (χ3v) is 4.50. The Kier molecular flexibility index (Phi) is 4.83. The van der Waals surface area contributed by atoms with Gasteiger partial charge in [0.2, 0.25) is 5.91 Å². The van der Waals surface area contributed by atoms with Crippen molar-refractivity contribution in [1.82, 2.24) is 14.9 Å². The van der Waals surface area contributed by atoms with E-state index < -0.39 is 0 Å². The van der Waals surface area contributed by atoms with Crippen molar-refractivity contribution in [2.45, 2.75) is 45.2 Å². The van der Waals surface area contributed by atoms with Gasteiger partial charge in [0.05, 0.1) is 24.6 Å². The Labute approximate surface area is 141 Å². The number of esters is 1. The number of rotatable bonds is 7. The number of carbonyl (C=O) groups is 2. The molecule has 0 spiro atoms. The van der Waals surface area contributed by atoms with Gasteiger partial charge in [-0.2, -0.15) is 0 Å². The summed E-state index contributed by atoms with van der Waals surface area (Å²) in [5, 5.41) is 3.01. The van der Waals surface area contributed by atoms with Crippen LogP contribution in [0.25, 0.3) is 11.0 Å². The Morgan fingerprint density at radius 2 is 2.12 bits per heavy atom. The highest BCUT2D eigenvalue weighted by Crippen LogP contribution is 2.34. The molecule has 0 saturated heterocycles. The summed E-state index contributed by atoms with van der Waals surface area (Å²) >= 11 is 0. The van der Waals surface area contributed by atoms with E-state index in [0.717, 1.165) is 36.1 Å². The number of carbonyl (C=O) groups excluding carboxylic acids is 2. The quantitative estimate of drug-likeness (QED) is 0.789. The van der Waals surface area contributed by atoms with E-state index in [-0.39, 0.29) is 30.9 Å². The average molecular weight is 329 g/mol. The van der Waals surface area contributed by atoms with Crippen molar-refractivity contribution in [3.8, 4) is 0 Å². The molecule has 1 fully saturated rings. The van der Waals surface area contributed by atoms with Crippen molar-refractivity contribution in [3.63, 3.8) is 0 Å². The molecule has 0 bridgehead atoms. The van der Waals surface area contributed by atoms with Crippen molar-refractivity contribution in [1.29, 1.82) is 0 Å². The maximum atomic E-state index is 12.5. The number of aromatic nitrogens is 2. The van der Waals surface area contributed by atoms with Crippen LogP contribution in [0.1, 0.15) is 32.0 Å². The normalized spacial score (nSPS) is 15.2. The predicted molar refractivity (Wildman–Crippen MR) is 90.4 cm³/mol. The lowest BCUT2D eigenvalue weighted by molar-refractivity contribution is -0.141. The van der Waals surface area contributed by atoms with Crippen LogP contribution in [0.2, 0.25) is 0 Å². The Bertz CT molecular complexity index is 749. The highest BCUT2D eigenvalue weighted by molar-refractivity contribution is 5.82. The number of hydrogen-bond acceptors (Lipinski definition) is 4. The van der Waals surface area contributed by atoms with Crippen LogP contribution in [0.3, 0.4) is 0 Å². The summed E-state index contributed by atoms with van der Waals surface area (Å²) in [5.74, 6) is 0.906. The van der Waals surface area contributed by atoms with Gasteiger partial charge in [0, 0.05) is 12.5 Å². The zero-order chi connectivity index (χ0) is 17.1. The minimum absolute atomic E-state index is 0.0892. The molecule has 1 aromatic heterocycles. The number of benzene rings is 1. The molecule has 1 aliphatic rings. The van der Waals surface area contributed by atoms with Gasteiger partial charge >= 0.3 is 5.97 Å². The number of nitrogens with one attached hydrogen (secondary N) is 1. The smallest absolute Gasteiger partial charge is 0.307 e. The zero-order valence-corrected chi connectivity index (χ0v) is 14.1. The lowest BCUT2D eigenvalue weighted by Gasteiger charge is -2.18. The summed E-state index contributed by atoms with van der Waals surface area (Å²) in [5.41, 5.74) is 1.86. The van der Waals surface area contributed by atoms with Gasteiger partial charge in [-0.25, -0.2) is 4.98 Å². The van der Waals surface area contributed by atoms with Gasteiger partial charge in [0.25, 0.3) is 0 Å². The first kappa shape index (κ1) is 16.5. The largest absolute Gasteiger partial charge is 0.469 e. The van der Waals surface area contributed by atoms with Gasteiger partial charge in [-0.3, -0.25) is 9.59 Å². The van der Waals surface area contributed by atoms with Crippen LogP contribution >= 0.6 is 0 Å². The van der Waals surface area contributed by atoms with E-state index in [1.54, 1.807) is 0 Å². The van der Waals surface area contributed by atoms with E-state index in [2.05, 4.69) is 10.3 Å². The molecular formula is C18H23N3O3. The Balaban J connectivity index is 1.73. The molecule has 3 rings (SSSR count). The molecule has 1 amide bonds. The fourth-order valence-corrected chi connectivity index (χ4v) is 3.06. The van der Waals surface area contributed by atoms with Crippen LogP contribution in [0.5, 0.6) is 0 Å². The molecule has 1 saturated carbocycles. The topological polar surface area (TPSA) is 73.2 Å². The second-order valence-corrected chi connectivity index (χ2v) is 6.25. The first-order valence-corrected chi connectivity index (χ1v) is 8.42. The van der Waals surface area contributed by atoms with E-state index in [9.17, 15) is 9.59 Å². The van der Waals surface area contributed by atoms with Crippen LogP contribution < -0.4 is 5.32 Å². The van der Waals surface area contributed by atoms with E-state index in [0.29, 0.717) is 5.92 Å². The number of aryl methyl sites for hydroxylation is 1. The van der Waals surface area contributed by atoms with Gasteiger partial charge < -0.3 is 14.6 Å². The fraction of sp³-hybridized carbons (Fsp3) is 0.500. The molecule has 0 unspecified atom stereocenters. The summed E-state index contributed by atoms with van der Waals surface area (Å²) in [7, 11) is 1.37. The van der Waals surface area contributed by atoms with Gasteiger partial charge in [-0.15, -0.1) is 0 Å². The Hall–Kier alpha value is -2.37. The second-order valence-electron chi connectivity index (χ2n) is 6.25. The standard InChI is InChI=1S/C18H23N3O3/c1-3-16-19-13-6-4-5-7-15(13)21(16)11-17(22)20-14(12-8-9-12)10-18(23)24-2/h4-7,12,14H,3,8-11H2,1-2H3,(H,20,22)/t14-/m1/s1. The number of methoxy groups -OCH3 is 1. The minimum Gasteiger partial charge on any atom is -0.469 e. The lowest BCUT2D eigenvalue weighted by atomic mass is 10.1. The van der Waals surface area contributed by atoms with E-state index in [1.807, 2.05) is 35.8 Å². The highest BCUT2D eigenvalue weighted by Gasteiger charge is 2.34. The summed E-state index contributed by atoms with van der Waals surface area (Å²) < 4.78 is 6.69. The van der Waals surface area contributed by atoms with Crippen LogP contribution in [-0.2, 0) is 27.3 Å². The van der Waals surface area contributed by atoms with Crippen LogP contribution in [-0.4, -0.2) is 34.6 Å². The molecular weight excluding hydrogens is 306 g/mol. The average Bonchev–Trinajstić information content (AvgIpc) is 3.37. The molecule has 1 heterocycles. The minimum atomic E-state index is -0.283. The van der Waals surface area contributed by atoms with Crippen molar-refractivity contribution in [2.24, 2.45) is 5.92 Å². The highest BCUT2D eigenvalue weighted by atomic mass is 16.5. The molecule has 1 atom stereocenters. The molecule has 0 aliphatic heterocycles. The molecule has 6 nitrogen and oxygen atoms in total. The van der Waals surface area contributed by atoms with Gasteiger partial charge in [0.15, 0.2) is 0 Å². The predicted octanol–water partition coefficient (Wildman–Crippen LogP) is 2.06. The number of imidazole rings is 1. The molecule has 128 valence electrons. The Morgan fingerprint density at radius 3 is 2.79 bits per heavy atom. The summed E-state index contributed by atoms with van der Waals surface area (Å²) in [4.78, 5) is 28.6. The fourth-order valence-electron chi connectivity index (χ4n) is 3.06. The number of fused-ring (bicyclic) bond motifs is 1. The maximum Gasteiger partial charge on any atom is 0.307 e. The van der Waals surface area contributed by atoms with Gasteiger partial charge in [-0.1, -0.05) is 19.1 Å². The zero-order valence-electron chi connectivity index (χ0n) is 14.1. The van der Waals surface area contributed by atoms with Crippen molar-refractivity contribution < 1.29 is 14.3 Å². The van der Waals surface area contributed by atoms with Gasteiger partial charge in [0.1, 0.15) is 12.4 Å². The number of nitrogens with zero attached hydrogens (tertiary/aromatic N) is 2. The Morgan fingerprint density at radius 1 is 1.38 bits per heavy atom. The van der Waals surface area contributed by atoms with Crippen LogP contribution in [0.4, 0.5) is 0 Å². The number of para-hydroxylation sites is 2. The van der Waals surface area contributed by atoms with E-state index >= 15 is 0 Å². The number of hydrogen-bond donors (Lipinski definition) is 1. The molecule has 1 aromatic carbocycles. The van der Waals surface area contributed by atoms with Crippen molar-refractivity contribution in [3.05, 3.63) is 30.1 Å². The molecule has 1 aliphatic carbocycles. The SMILES string of the molecule is CCc1nc2ccccc2n1CC(=O)N[C@H](CC(=O)OC)C1CC1. The summed E-state index contributed by atoms with van der Waals surface area (Å²) in [6.45, 7) is 2.24. The lowest BCUT2D eigenvalue weighted by Crippen LogP contribution is -2.40. The van der Waals surface area contributed by atoms with Crippen molar-refractivity contribution in [2.75, 3.05) is 7.11 Å². The monoisotopic (exact) mass is 329 g/mol. The number of ether oxygens (including phenoxy) is 1. The molecule has 6 heteroatoms. The van der Waals surface area contributed by atoms with Gasteiger partial charge in [-0.05, 0) is 30.9 Å². The van der Waals surface area contributed by atoms with Crippen LogP contribution in [0.15, 0.2) is 24.3 Å². The first-order chi connectivity index (χ1) is 11.6. The summed E-state index contributed by atoms with van der Waals surface area (Å²) in [6, 6.07) is 7.68. The molecule has 24 heavy (non-hydrogen) atoms. The van der Waals surface area contributed by atoms with Crippen molar-refractivity contribution >= 4 is 22.9 Å². The molecule has 2 aromatic rings. The maximum absolute atomic E-state index is 12.5. The number of amides is 1. The third kappa shape index (κ3) is 3.58. The third-order valence-electron chi connectivity index (χ3n) is 4.50. The molecule has 1 N–H and O–H groups in total. The van der Waals surface area contributed by atoms with E-state index in [4.69, 9.17) is 4.74 Å². The first-order valence-electron chi connectivity index (χ1n) is 8.42. The summed E-state index contributed by atoms with van der Waals surface area (Å²) in [6.07, 6.45) is 3.10.